The van der Waals surface area contributed by atoms with Crippen molar-refractivity contribution in [2.75, 3.05) is 45.3 Å². The van der Waals surface area contributed by atoms with Gasteiger partial charge in [-0.05, 0) is 48.9 Å². The Kier molecular flexibility index (Phi) is 5.43. The first-order valence-electron chi connectivity index (χ1n) is 8.66. The molecule has 0 bridgehead atoms. The molecule has 1 aliphatic heterocycles. The van der Waals surface area contributed by atoms with Gasteiger partial charge in [0.15, 0.2) is 11.5 Å². The molecule has 0 radical (unpaired) electrons. The average Bonchev–Trinajstić information content (AvgIpc) is 2.64. The van der Waals surface area contributed by atoms with Crippen molar-refractivity contribution in [1.82, 2.24) is 0 Å². The number of ether oxygens (including phenoxy) is 2. The van der Waals surface area contributed by atoms with Crippen LogP contribution in [-0.2, 0) is 6.54 Å². The van der Waals surface area contributed by atoms with Crippen molar-refractivity contribution in [3.05, 3.63) is 53.3 Å². The number of rotatable bonds is 5. The van der Waals surface area contributed by atoms with Crippen LogP contribution in [0.15, 0.2) is 36.4 Å². The molecule has 5 heteroatoms. The predicted molar refractivity (Wildman–Crippen MR) is 97.3 cm³/mol. The van der Waals surface area contributed by atoms with Crippen LogP contribution in [0.4, 0.5) is 10.1 Å². The number of benzene rings is 2. The Hall–Kier alpha value is -2.27. The molecule has 0 spiro atoms. The van der Waals surface area contributed by atoms with Gasteiger partial charge in [0.1, 0.15) is 12.4 Å². The van der Waals surface area contributed by atoms with Crippen LogP contribution in [0.2, 0.25) is 0 Å². The number of halogens is 1. The summed E-state index contributed by atoms with van der Waals surface area (Å²) in [5, 5.41) is 0. The highest BCUT2D eigenvalue weighted by atomic mass is 19.1. The second kappa shape index (κ2) is 7.74. The molecule has 0 unspecified atom stereocenters. The Morgan fingerprint density at radius 3 is 2.20 bits per heavy atom. The third kappa shape index (κ3) is 4.04. The Morgan fingerprint density at radius 1 is 1.00 bits per heavy atom. The summed E-state index contributed by atoms with van der Waals surface area (Å²) in [5.74, 6) is 1.38. The van der Waals surface area contributed by atoms with E-state index < -0.39 is 0 Å². The number of nitrogens with one attached hydrogen (secondary N) is 1. The lowest BCUT2D eigenvalue weighted by molar-refractivity contribution is -0.914. The molecule has 2 aromatic rings. The number of quaternary nitrogens is 1. The quantitative estimate of drug-likeness (QED) is 0.898. The Bertz CT molecular complexity index is 710. The van der Waals surface area contributed by atoms with Crippen LogP contribution >= 0.6 is 0 Å². The largest absolute Gasteiger partial charge is 0.493 e. The zero-order valence-corrected chi connectivity index (χ0v) is 15.1. The molecule has 1 saturated heterocycles. The summed E-state index contributed by atoms with van der Waals surface area (Å²) in [6, 6.07) is 10.9. The van der Waals surface area contributed by atoms with Crippen molar-refractivity contribution >= 4 is 5.69 Å². The van der Waals surface area contributed by atoms with Gasteiger partial charge in [0, 0.05) is 11.3 Å². The lowest BCUT2D eigenvalue weighted by atomic mass is 10.1. The highest BCUT2D eigenvalue weighted by Crippen LogP contribution is 2.30. The van der Waals surface area contributed by atoms with Gasteiger partial charge in [-0.15, -0.1) is 0 Å². The molecular weight excluding hydrogens is 319 g/mol. The maximum Gasteiger partial charge on any atom is 0.161 e. The highest BCUT2D eigenvalue weighted by molar-refractivity contribution is 5.47. The molecule has 1 N–H and O–H groups in total. The third-order valence-corrected chi connectivity index (χ3v) is 4.94. The summed E-state index contributed by atoms with van der Waals surface area (Å²) in [7, 11) is 3.34. The molecule has 25 heavy (non-hydrogen) atoms. The van der Waals surface area contributed by atoms with Crippen LogP contribution in [-0.4, -0.2) is 40.4 Å². The predicted octanol–water partition coefficient (Wildman–Crippen LogP) is 2.06. The Labute approximate surface area is 148 Å². The molecule has 0 amide bonds. The first-order chi connectivity index (χ1) is 12.1. The van der Waals surface area contributed by atoms with E-state index in [1.807, 2.05) is 18.2 Å². The van der Waals surface area contributed by atoms with Crippen molar-refractivity contribution in [2.45, 2.75) is 13.5 Å². The second-order valence-corrected chi connectivity index (χ2v) is 6.52. The molecular formula is C20H26FN2O2+. The third-order valence-electron chi connectivity index (χ3n) is 4.94. The van der Waals surface area contributed by atoms with Gasteiger partial charge in [-0.25, -0.2) is 4.39 Å². The zero-order chi connectivity index (χ0) is 17.8. The minimum absolute atomic E-state index is 0.183. The average molecular weight is 345 g/mol. The van der Waals surface area contributed by atoms with Gasteiger partial charge in [-0.2, -0.15) is 0 Å². The van der Waals surface area contributed by atoms with E-state index in [1.165, 1.54) is 23.3 Å². The smallest absolute Gasteiger partial charge is 0.161 e. The molecule has 0 aromatic heterocycles. The first kappa shape index (κ1) is 17.5. The second-order valence-electron chi connectivity index (χ2n) is 6.52. The van der Waals surface area contributed by atoms with Crippen molar-refractivity contribution in [1.29, 1.82) is 0 Å². The minimum Gasteiger partial charge on any atom is -0.493 e. The van der Waals surface area contributed by atoms with Crippen molar-refractivity contribution in [2.24, 2.45) is 0 Å². The van der Waals surface area contributed by atoms with E-state index in [0.29, 0.717) is 0 Å². The van der Waals surface area contributed by atoms with Crippen LogP contribution in [0.1, 0.15) is 11.1 Å². The number of nitrogens with zero attached hydrogens (tertiary/aromatic N) is 1. The fourth-order valence-corrected chi connectivity index (χ4v) is 3.39. The van der Waals surface area contributed by atoms with Gasteiger partial charge in [0.25, 0.3) is 0 Å². The van der Waals surface area contributed by atoms with Crippen LogP contribution in [0.5, 0.6) is 11.5 Å². The van der Waals surface area contributed by atoms with Crippen molar-refractivity contribution < 1.29 is 18.8 Å². The van der Waals surface area contributed by atoms with Gasteiger partial charge in [-0.1, -0.05) is 0 Å². The number of anilines is 1. The molecule has 134 valence electrons. The first-order valence-corrected chi connectivity index (χ1v) is 8.66. The normalized spacial score (nSPS) is 15.3. The number of hydrogen-bond acceptors (Lipinski definition) is 3. The zero-order valence-electron chi connectivity index (χ0n) is 15.1. The molecule has 0 atom stereocenters. The van der Waals surface area contributed by atoms with E-state index in [9.17, 15) is 4.39 Å². The molecule has 0 aliphatic carbocycles. The number of piperazine rings is 1. The lowest BCUT2D eigenvalue weighted by Gasteiger charge is -2.34. The van der Waals surface area contributed by atoms with Gasteiger partial charge < -0.3 is 19.3 Å². The summed E-state index contributed by atoms with van der Waals surface area (Å²) < 4.78 is 23.9. The Morgan fingerprint density at radius 2 is 1.60 bits per heavy atom. The van der Waals surface area contributed by atoms with Crippen LogP contribution in [0, 0.1) is 12.7 Å². The van der Waals surface area contributed by atoms with E-state index in [0.717, 1.165) is 49.9 Å². The monoisotopic (exact) mass is 345 g/mol. The van der Waals surface area contributed by atoms with Crippen LogP contribution < -0.4 is 19.3 Å². The van der Waals surface area contributed by atoms with Gasteiger partial charge >= 0.3 is 0 Å². The number of aryl methyl sites for hydroxylation is 1. The summed E-state index contributed by atoms with van der Waals surface area (Å²) in [5.41, 5.74) is 3.62. The topological polar surface area (TPSA) is 26.1 Å². The number of methoxy groups -OCH3 is 2. The molecule has 3 rings (SSSR count). The lowest BCUT2D eigenvalue weighted by Crippen LogP contribution is -3.13. The van der Waals surface area contributed by atoms with Crippen molar-refractivity contribution in [3.63, 3.8) is 0 Å². The maximum atomic E-state index is 13.1. The summed E-state index contributed by atoms with van der Waals surface area (Å²) in [4.78, 5) is 3.87. The molecule has 1 heterocycles. The van der Waals surface area contributed by atoms with Crippen LogP contribution in [0.25, 0.3) is 0 Å². The summed E-state index contributed by atoms with van der Waals surface area (Å²) >= 11 is 0. The fourth-order valence-electron chi connectivity index (χ4n) is 3.39. The van der Waals surface area contributed by atoms with E-state index >= 15 is 0 Å². The van der Waals surface area contributed by atoms with E-state index in [-0.39, 0.29) is 5.82 Å². The van der Waals surface area contributed by atoms with Crippen LogP contribution in [0.3, 0.4) is 0 Å². The molecule has 0 saturated carbocycles. The Balaban J connectivity index is 1.63. The highest BCUT2D eigenvalue weighted by Gasteiger charge is 2.21. The maximum absolute atomic E-state index is 13.1. The molecule has 2 aromatic carbocycles. The van der Waals surface area contributed by atoms with Crippen molar-refractivity contribution in [3.8, 4) is 11.5 Å². The molecule has 1 fully saturated rings. The standard InChI is InChI=1S/C20H25FN2O2/c1-15-12-19(24-2)20(25-3)13-16(15)14-22-8-10-23(11-9-22)18-6-4-17(21)5-7-18/h4-7,12-13H,8-11,14H2,1-3H3/p+1. The SMILES string of the molecule is COc1cc(C)c(C[NH+]2CCN(c3ccc(F)cc3)CC2)cc1OC. The summed E-state index contributed by atoms with van der Waals surface area (Å²) in [6.07, 6.45) is 0. The fraction of sp³-hybridized carbons (Fsp3) is 0.400. The van der Waals surface area contributed by atoms with E-state index in [4.69, 9.17) is 9.47 Å². The molecule has 1 aliphatic rings. The van der Waals surface area contributed by atoms with Gasteiger partial charge in [0.2, 0.25) is 0 Å². The van der Waals surface area contributed by atoms with E-state index in [2.05, 4.69) is 17.9 Å². The van der Waals surface area contributed by atoms with Gasteiger partial charge in [0.05, 0.1) is 40.4 Å². The number of hydrogen-bond donors (Lipinski definition) is 1. The van der Waals surface area contributed by atoms with E-state index in [1.54, 1.807) is 19.1 Å². The summed E-state index contributed by atoms with van der Waals surface area (Å²) in [6.45, 7) is 7.17. The minimum atomic E-state index is -0.183. The molecule has 4 nitrogen and oxygen atoms in total. The van der Waals surface area contributed by atoms with Gasteiger partial charge in [-0.3, -0.25) is 0 Å².